The average Bonchev–Trinajstić information content (AvgIpc) is 2.29. The predicted octanol–water partition coefficient (Wildman–Crippen LogP) is 1.92. The summed E-state index contributed by atoms with van der Waals surface area (Å²) in [4.78, 5) is -0.757. The number of hydrogen-bond acceptors (Lipinski definition) is 3. The van der Waals surface area contributed by atoms with Gasteiger partial charge in [0.2, 0.25) is 10.0 Å². The normalized spacial score (nSPS) is 17.8. The van der Waals surface area contributed by atoms with Crippen molar-refractivity contribution >= 4 is 10.0 Å². The van der Waals surface area contributed by atoms with Crippen LogP contribution in [-0.2, 0) is 16.6 Å². The highest BCUT2D eigenvalue weighted by atomic mass is 32.2. The molecule has 1 saturated carbocycles. The monoisotopic (exact) mass is 305 g/mol. The van der Waals surface area contributed by atoms with E-state index in [-0.39, 0.29) is 17.5 Å². The molecule has 1 aromatic rings. The van der Waals surface area contributed by atoms with Crippen LogP contribution in [0.25, 0.3) is 0 Å². The van der Waals surface area contributed by atoms with E-state index < -0.39 is 33.2 Å². The van der Waals surface area contributed by atoms with Crippen molar-refractivity contribution in [2.24, 2.45) is 5.92 Å². The van der Waals surface area contributed by atoms with E-state index in [9.17, 15) is 17.2 Å². The average molecular weight is 305 g/mol. The largest absolute Gasteiger partial charge is 0.392 e. The summed E-state index contributed by atoms with van der Waals surface area (Å²) in [6, 6.07) is 1.41. The Bertz CT molecular complexity index is 600. The molecule has 0 spiro atoms. The lowest BCUT2D eigenvalue weighted by molar-refractivity contribution is 0.260. The van der Waals surface area contributed by atoms with Crippen LogP contribution in [0, 0.1) is 17.6 Å². The predicted molar refractivity (Wildman–Crippen MR) is 69.4 cm³/mol. The minimum Gasteiger partial charge on any atom is -0.392 e. The van der Waals surface area contributed by atoms with E-state index in [1.807, 2.05) is 0 Å². The molecule has 0 saturated heterocycles. The quantitative estimate of drug-likeness (QED) is 0.873. The molecule has 1 aromatic carbocycles. The second-order valence-corrected chi connectivity index (χ2v) is 6.83. The fourth-order valence-corrected chi connectivity index (χ4v) is 3.70. The van der Waals surface area contributed by atoms with Crippen LogP contribution in [0.15, 0.2) is 17.0 Å². The molecule has 0 aromatic heterocycles. The van der Waals surface area contributed by atoms with Gasteiger partial charge in [-0.2, -0.15) is 0 Å². The fraction of sp³-hybridized carbons (Fsp3) is 0.538. The smallest absolute Gasteiger partial charge is 0.243 e. The molecule has 7 heteroatoms. The highest BCUT2D eigenvalue weighted by molar-refractivity contribution is 7.89. The molecular formula is C13H17F2NO3S. The van der Waals surface area contributed by atoms with Gasteiger partial charge in [0.05, 0.1) is 6.61 Å². The van der Waals surface area contributed by atoms with Gasteiger partial charge in [0.25, 0.3) is 0 Å². The maximum absolute atomic E-state index is 13.7. The summed E-state index contributed by atoms with van der Waals surface area (Å²) in [7, 11) is -4.14. The van der Waals surface area contributed by atoms with E-state index in [1.165, 1.54) is 0 Å². The highest BCUT2D eigenvalue weighted by Gasteiger charge is 2.30. The summed E-state index contributed by atoms with van der Waals surface area (Å²) < 4.78 is 53.7. The van der Waals surface area contributed by atoms with Crippen LogP contribution in [0.4, 0.5) is 8.78 Å². The molecule has 2 N–H and O–H groups in total. The standard InChI is InChI=1S/C13H17F2NO3S/c1-8(10-3-2-4-10)16-20(18,19)12-6-9(7-17)5-11(14)13(12)15/h5-6,8,10,16-17H,2-4,7H2,1H3. The summed E-state index contributed by atoms with van der Waals surface area (Å²) in [6.45, 7) is 1.16. The van der Waals surface area contributed by atoms with Gasteiger partial charge in [-0.3, -0.25) is 0 Å². The van der Waals surface area contributed by atoms with Gasteiger partial charge in [-0.25, -0.2) is 21.9 Å². The van der Waals surface area contributed by atoms with Crippen LogP contribution in [0.3, 0.4) is 0 Å². The van der Waals surface area contributed by atoms with Crippen molar-refractivity contribution in [3.8, 4) is 0 Å². The lowest BCUT2D eigenvalue weighted by Gasteiger charge is -2.31. The van der Waals surface area contributed by atoms with E-state index in [0.717, 1.165) is 31.4 Å². The molecular weight excluding hydrogens is 288 g/mol. The summed E-state index contributed by atoms with van der Waals surface area (Å²) in [5, 5.41) is 8.96. The Morgan fingerprint density at radius 1 is 1.40 bits per heavy atom. The Morgan fingerprint density at radius 2 is 2.05 bits per heavy atom. The van der Waals surface area contributed by atoms with Crippen LogP contribution >= 0.6 is 0 Å². The van der Waals surface area contributed by atoms with Crippen molar-refractivity contribution < 1.29 is 22.3 Å². The third-order valence-corrected chi connectivity index (χ3v) is 5.28. The molecule has 1 atom stereocenters. The number of aliphatic hydroxyl groups excluding tert-OH is 1. The van der Waals surface area contributed by atoms with E-state index in [1.54, 1.807) is 6.92 Å². The van der Waals surface area contributed by atoms with Gasteiger partial charge < -0.3 is 5.11 Å². The first-order valence-electron chi connectivity index (χ1n) is 6.46. The molecule has 0 aliphatic heterocycles. The molecule has 1 unspecified atom stereocenters. The van der Waals surface area contributed by atoms with Crippen molar-refractivity contribution in [2.45, 2.75) is 43.7 Å². The van der Waals surface area contributed by atoms with E-state index in [4.69, 9.17) is 5.11 Å². The lowest BCUT2D eigenvalue weighted by atomic mass is 9.81. The van der Waals surface area contributed by atoms with Crippen molar-refractivity contribution in [3.05, 3.63) is 29.3 Å². The number of rotatable bonds is 5. The highest BCUT2D eigenvalue weighted by Crippen LogP contribution is 2.30. The second-order valence-electron chi connectivity index (χ2n) is 5.15. The Kier molecular flexibility index (Phi) is 4.41. The summed E-state index contributed by atoms with van der Waals surface area (Å²) in [5.41, 5.74) is 0.0144. The lowest BCUT2D eigenvalue weighted by Crippen LogP contribution is -2.41. The number of sulfonamides is 1. The van der Waals surface area contributed by atoms with Crippen LogP contribution in [0.2, 0.25) is 0 Å². The molecule has 1 aliphatic rings. The number of benzene rings is 1. The van der Waals surface area contributed by atoms with Gasteiger partial charge in [0.15, 0.2) is 11.6 Å². The maximum atomic E-state index is 13.7. The Hall–Kier alpha value is -1.05. The van der Waals surface area contributed by atoms with Crippen LogP contribution in [-0.4, -0.2) is 19.6 Å². The third kappa shape index (κ3) is 2.99. The molecule has 4 nitrogen and oxygen atoms in total. The number of aliphatic hydroxyl groups is 1. The topological polar surface area (TPSA) is 66.4 Å². The first-order chi connectivity index (χ1) is 9.35. The molecule has 112 valence electrons. The molecule has 0 radical (unpaired) electrons. The summed E-state index contributed by atoms with van der Waals surface area (Å²) in [5.74, 6) is -2.47. The van der Waals surface area contributed by atoms with Gasteiger partial charge in [0, 0.05) is 6.04 Å². The molecule has 0 amide bonds. The molecule has 1 fully saturated rings. The number of hydrogen-bond donors (Lipinski definition) is 2. The van der Waals surface area contributed by atoms with Crippen LogP contribution in [0.5, 0.6) is 0 Å². The third-order valence-electron chi connectivity index (χ3n) is 3.72. The Balaban J connectivity index is 2.30. The van der Waals surface area contributed by atoms with Crippen molar-refractivity contribution in [2.75, 3.05) is 0 Å². The van der Waals surface area contributed by atoms with Gasteiger partial charge in [-0.05, 0) is 43.4 Å². The summed E-state index contributed by atoms with van der Waals surface area (Å²) in [6.07, 6.45) is 2.91. The van der Waals surface area contributed by atoms with Crippen LogP contribution < -0.4 is 4.72 Å². The zero-order valence-corrected chi connectivity index (χ0v) is 11.9. The minimum atomic E-state index is -4.14. The van der Waals surface area contributed by atoms with Crippen molar-refractivity contribution in [1.29, 1.82) is 0 Å². The zero-order valence-electron chi connectivity index (χ0n) is 11.1. The first kappa shape index (κ1) is 15.3. The van der Waals surface area contributed by atoms with Crippen LogP contribution in [0.1, 0.15) is 31.7 Å². The van der Waals surface area contributed by atoms with Gasteiger partial charge >= 0.3 is 0 Å². The Morgan fingerprint density at radius 3 is 2.55 bits per heavy atom. The zero-order chi connectivity index (χ0) is 14.9. The maximum Gasteiger partial charge on any atom is 0.243 e. The SMILES string of the molecule is CC(NS(=O)(=O)c1cc(CO)cc(F)c1F)C1CCC1. The fourth-order valence-electron chi connectivity index (χ4n) is 2.25. The van der Waals surface area contributed by atoms with Gasteiger partial charge in [0.1, 0.15) is 4.90 Å². The molecule has 2 rings (SSSR count). The van der Waals surface area contributed by atoms with E-state index >= 15 is 0 Å². The Labute approximate surface area is 116 Å². The summed E-state index contributed by atoms with van der Waals surface area (Å²) >= 11 is 0. The van der Waals surface area contributed by atoms with Crippen molar-refractivity contribution in [3.63, 3.8) is 0 Å². The van der Waals surface area contributed by atoms with E-state index in [2.05, 4.69) is 4.72 Å². The number of halogens is 2. The molecule has 1 aliphatic carbocycles. The molecule has 0 bridgehead atoms. The first-order valence-corrected chi connectivity index (χ1v) is 7.94. The van der Waals surface area contributed by atoms with E-state index in [0.29, 0.717) is 0 Å². The second kappa shape index (κ2) is 5.75. The van der Waals surface area contributed by atoms with Gasteiger partial charge in [-0.15, -0.1) is 0 Å². The number of nitrogens with one attached hydrogen (secondary N) is 1. The van der Waals surface area contributed by atoms with Crippen molar-refractivity contribution in [1.82, 2.24) is 4.72 Å². The minimum absolute atomic E-state index is 0.0144. The molecule has 20 heavy (non-hydrogen) atoms. The van der Waals surface area contributed by atoms with Gasteiger partial charge in [-0.1, -0.05) is 6.42 Å². The molecule has 0 heterocycles.